The first kappa shape index (κ1) is 18.8. The third kappa shape index (κ3) is 4.14. The summed E-state index contributed by atoms with van der Waals surface area (Å²) in [4.78, 5) is 16.6. The van der Waals surface area contributed by atoms with E-state index in [2.05, 4.69) is 58.6 Å². The predicted molar refractivity (Wildman–Crippen MR) is 112 cm³/mol. The molecule has 4 rings (SSSR count). The fourth-order valence-electron chi connectivity index (χ4n) is 4.15. The van der Waals surface area contributed by atoms with Crippen molar-refractivity contribution in [2.75, 3.05) is 19.6 Å². The summed E-state index contributed by atoms with van der Waals surface area (Å²) in [5.41, 5.74) is 2.51. The average molecular weight is 376 g/mol. The summed E-state index contributed by atoms with van der Waals surface area (Å²) >= 11 is 0. The Morgan fingerprint density at radius 2 is 1.86 bits per heavy atom. The molecule has 1 aliphatic rings. The van der Waals surface area contributed by atoms with Gasteiger partial charge in [-0.25, -0.2) is 9.97 Å². The van der Waals surface area contributed by atoms with Crippen molar-refractivity contribution in [2.24, 2.45) is 0 Å². The molecule has 1 unspecified atom stereocenters. The molecule has 1 atom stereocenters. The van der Waals surface area contributed by atoms with Gasteiger partial charge in [-0.3, -0.25) is 9.55 Å². The molecule has 0 bridgehead atoms. The second-order valence-corrected chi connectivity index (χ2v) is 7.95. The molecular weight excluding hydrogens is 346 g/mol. The highest BCUT2D eigenvalue weighted by Gasteiger charge is 2.26. The largest absolute Gasteiger partial charge is 0.302 e. The molecule has 1 aliphatic heterocycles. The highest BCUT2D eigenvalue weighted by atomic mass is 15.2. The van der Waals surface area contributed by atoms with Crippen LogP contribution in [-0.4, -0.2) is 44.1 Å². The summed E-state index contributed by atoms with van der Waals surface area (Å²) in [7, 11) is 0. The average Bonchev–Trinajstić information content (AvgIpc) is 3.23. The zero-order chi connectivity index (χ0) is 19.3. The number of aromatic nitrogens is 4. The van der Waals surface area contributed by atoms with E-state index in [1.165, 1.54) is 24.9 Å². The van der Waals surface area contributed by atoms with E-state index in [1.54, 1.807) is 6.20 Å². The summed E-state index contributed by atoms with van der Waals surface area (Å²) < 4.78 is 2.12. The second-order valence-electron chi connectivity index (χ2n) is 7.95. The van der Waals surface area contributed by atoms with Gasteiger partial charge in [0.15, 0.2) is 5.82 Å². The first-order chi connectivity index (χ1) is 13.7. The van der Waals surface area contributed by atoms with Gasteiger partial charge in [0, 0.05) is 49.7 Å². The maximum absolute atomic E-state index is 4.77. The number of rotatable bonds is 6. The molecular formula is C23H29N5. The minimum Gasteiger partial charge on any atom is -0.302 e. The molecule has 0 aliphatic carbocycles. The Labute approximate surface area is 167 Å². The zero-order valence-electron chi connectivity index (χ0n) is 16.8. The van der Waals surface area contributed by atoms with E-state index in [0.29, 0.717) is 11.8 Å². The van der Waals surface area contributed by atoms with Crippen LogP contribution >= 0.6 is 0 Å². The van der Waals surface area contributed by atoms with Crippen LogP contribution in [-0.2, 0) is 6.42 Å². The lowest BCUT2D eigenvalue weighted by molar-refractivity contribution is 0.208. The molecule has 1 saturated heterocycles. The van der Waals surface area contributed by atoms with Gasteiger partial charge in [0.2, 0.25) is 0 Å². The highest BCUT2D eigenvalue weighted by molar-refractivity contribution is 5.33. The van der Waals surface area contributed by atoms with Gasteiger partial charge in [-0.05, 0) is 31.4 Å². The Morgan fingerprint density at radius 1 is 1.04 bits per heavy atom. The Morgan fingerprint density at radius 3 is 2.68 bits per heavy atom. The molecule has 5 nitrogen and oxygen atoms in total. The quantitative estimate of drug-likeness (QED) is 0.648. The van der Waals surface area contributed by atoms with E-state index >= 15 is 0 Å². The van der Waals surface area contributed by atoms with E-state index in [4.69, 9.17) is 9.97 Å². The van der Waals surface area contributed by atoms with Gasteiger partial charge in [0.25, 0.3) is 0 Å². The van der Waals surface area contributed by atoms with Gasteiger partial charge < -0.3 is 4.90 Å². The van der Waals surface area contributed by atoms with Gasteiger partial charge in [0.1, 0.15) is 5.82 Å². The summed E-state index contributed by atoms with van der Waals surface area (Å²) in [5, 5.41) is 0. The van der Waals surface area contributed by atoms with Crippen LogP contribution in [0.5, 0.6) is 0 Å². The number of hydrogen-bond donors (Lipinski definition) is 0. The summed E-state index contributed by atoms with van der Waals surface area (Å²) in [5.74, 6) is 2.74. The van der Waals surface area contributed by atoms with Crippen LogP contribution in [0.25, 0.3) is 5.82 Å². The van der Waals surface area contributed by atoms with Crippen molar-refractivity contribution in [1.82, 2.24) is 24.4 Å². The molecule has 2 aromatic heterocycles. The summed E-state index contributed by atoms with van der Waals surface area (Å²) in [6, 6.07) is 10.8. The normalized spacial score (nSPS) is 17.9. The van der Waals surface area contributed by atoms with Crippen molar-refractivity contribution in [3.63, 3.8) is 0 Å². The Balaban J connectivity index is 1.52. The van der Waals surface area contributed by atoms with Gasteiger partial charge in [-0.2, -0.15) is 0 Å². The van der Waals surface area contributed by atoms with Crippen LogP contribution in [0, 0.1) is 0 Å². The van der Waals surface area contributed by atoms with Crippen molar-refractivity contribution in [3.8, 4) is 5.82 Å². The van der Waals surface area contributed by atoms with Crippen LogP contribution in [0.4, 0.5) is 0 Å². The molecule has 28 heavy (non-hydrogen) atoms. The first-order valence-electron chi connectivity index (χ1n) is 10.3. The second kappa shape index (κ2) is 8.65. The Kier molecular flexibility index (Phi) is 5.81. The SMILES string of the molecule is CC(C)c1nccn1-c1nccnc1C1CCCN(CCc2ccccc2)C1. The molecule has 1 fully saturated rings. The first-order valence-corrected chi connectivity index (χ1v) is 10.3. The minimum absolute atomic E-state index is 0.346. The summed E-state index contributed by atoms with van der Waals surface area (Å²) in [6.45, 7) is 7.64. The Bertz CT molecular complexity index is 887. The molecule has 0 radical (unpaired) electrons. The maximum Gasteiger partial charge on any atom is 0.160 e. The molecule has 3 heterocycles. The summed E-state index contributed by atoms with van der Waals surface area (Å²) in [6.07, 6.45) is 11.0. The predicted octanol–water partition coefficient (Wildman–Crippen LogP) is 4.21. The van der Waals surface area contributed by atoms with Crippen molar-refractivity contribution in [1.29, 1.82) is 0 Å². The highest BCUT2D eigenvalue weighted by Crippen LogP contribution is 2.30. The van der Waals surface area contributed by atoms with Crippen LogP contribution < -0.4 is 0 Å². The smallest absolute Gasteiger partial charge is 0.160 e. The number of piperidine rings is 1. The van der Waals surface area contributed by atoms with E-state index in [0.717, 1.165) is 36.8 Å². The van der Waals surface area contributed by atoms with Crippen LogP contribution in [0.2, 0.25) is 0 Å². The van der Waals surface area contributed by atoms with Crippen molar-refractivity contribution < 1.29 is 0 Å². The fourth-order valence-corrected chi connectivity index (χ4v) is 4.15. The van der Waals surface area contributed by atoms with Crippen LogP contribution in [0.3, 0.4) is 0 Å². The number of benzene rings is 1. The maximum atomic E-state index is 4.77. The fraction of sp³-hybridized carbons (Fsp3) is 0.435. The number of nitrogens with zero attached hydrogens (tertiary/aromatic N) is 5. The number of imidazole rings is 1. The topological polar surface area (TPSA) is 46.8 Å². The van der Waals surface area contributed by atoms with Crippen molar-refractivity contribution >= 4 is 0 Å². The molecule has 1 aromatic carbocycles. The standard InChI is InChI=1S/C23H29N5/c1-18(2)22-26-13-16-28(22)23-21(24-11-12-25-23)20-9-6-14-27(17-20)15-10-19-7-4-3-5-8-19/h3-5,7-8,11-13,16,18,20H,6,9-10,14-15,17H2,1-2H3. The van der Waals surface area contributed by atoms with E-state index in [1.807, 2.05) is 18.6 Å². The monoisotopic (exact) mass is 375 g/mol. The molecule has 0 N–H and O–H groups in total. The van der Waals surface area contributed by atoms with Gasteiger partial charge in [0.05, 0.1) is 5.69 Å². The van der Waals surface area contributed by atoms with E-state index < -0.39 is 0 Å². The van der Waals surface area contributed by atoms with Crippen LogP contribution in [0.15, 0.2) is 55.1 Å². The third-order valence-electron chi connectivity index (χ3n) is 5.57. The van der Waals surface area contributed by atoms with Crippen LogP contribution in [0.1, 0.15) is 55.6 Å². The van der Waals surface area contributed by atoms with Crippen molar-refractivity contribution in [3.05, 3.63) is 72.2 Å². The molecule has 0 saturated carbocycles. The van der Waals surface area contributed by atoms with Gasteiger partial charge in [-0.1, -0.05) is 44.2 Å². The van der Waals surface area contributed by atoms with Gasteiger partial charge >= 0.3 is 0 Å². The lowest BCUT2D eigenvalue weighted by Crippen LogP contribution is -2.36. The van der Waals surface area contributed by atoms with Gasteiger partial charge in [-0.15, -0.1) is 0 Å². The molecule has 5 heteroatoms. The van der Waals surface area contributed by atoms with E-state index in [-0.39, 0.29) is 0 Å². The molecule has 0 amide bonds. The minimum atomic E-state index is 0.346. The number of likely N-dealkylation sites (tertiary alicyclic amines) is 1. The zero-order valence-corrected chi connectivity index (χ0v) is 16.8. The Hall–Kier alpha value is -2.53. The molecule has 3 aromatic rings. The molecule has 146 valence electrons. The lowest BCUT2D eigenvalue weighted by Gasteiger charge is -2.33. The third-order valence-corrected chi connectivity index (χ3v) is 5.57. The lowest BCUT2D eigenvalue weighted by atomic mass is 9.94. The molecule has 0 spiro atoms. The van der Waals surface area contributed by atoms with Crippen molar-refractivity contribution in [2.45, 2.75) is 44.9 Å². The number of hydrogen-bond acceptors (Lipinski definition) is 4. The van der Waals surface area contributed by atoms with E-state index in [9.17, 15) is 0 Å².